The molecule has 0 aliphatic heterocycles. The molecule has 0 atom stereocenters. The third-order valence-electron chi connectivity index (χ3n) is 3.45. The molecule has 7 heteroatoms. The Balaban J connectivity index is 2.04. The summed E-state index contributed by atoms with van der Waals surface area (Å²) in [6, 6.07) is 10.1. The van der Waals surface area contributed by atoms with Crippen LogP contribution in [-0.4, -0.2) is 31.9 Å². The summed E-state index contributed by atoms with van der Waals surface area (Å²) in [6.45, 7) is 4.84. The fourth-order valence-corrected chi connectivity index (χ4v) is 2.50. The van der Waals surface area contributed by atoms with Crippen LogP contribution in [0.2, 0.25) is 5.02 Å². The van der Waals surface area contributed by atoms with Crippen molar-refractivity contribution < 1.29 is 19.0 Å². The second-order valence-electron chi connectivity index (χ2n) is 5.41. The Bertz CT molecular complexity index is 890. The molecule has 1 amide bonds. The van der Waals surface area contributed by atoms with E-state index in [9.17, 15) is 4.79 Å². The lowest BCUT2D eigenvalue weighted by molar-refractivity contribution is 0.0954. The van der Waals surface area contributed by atoms with E-state index in [4.69, 9.17) is 32.2 Å². The number of hydrogen-bond donors (Lipinski definition) is 1. The van der Waals surface area contributed by atoms with Crippen LogP contribution in [-0.2, 0) is 0 Å². The van der Waals surface area contributed by atoms with Crippen molar-refractivity contribution in [2.75, 3.05) is 19.8 Å². The first-order chi connectivity index (χ1) is 13.6. The van der Waals surface area contributed by atoms with E-state index in [0.717, 1.165) is 0 Å². The fraction of sp³-hybridized carbons (Fsp3) is 0.238. The molecule has 0 unspecified atom stereocenters. The lowest BCUT2D eigenvalue weighted by Gasteiger charge is -2.11. The summed E-state index contributed by atoms with van der Waals surface area (Å²) in [4.78, 5) is 12.3. The Morgan fingerprint density at radius 1 is 1.11 bits per heavy atom. The first kappa shape index (κ1) is 21.1. The summed E-state index contributed by atoms with van der Waals surface area (Å²) in [7, 11) is 0. The van der Waals surface area contributed by atoms with Crippen molar-refractivity contribution in [3.05, 3.63) is 52.5 Å². The summed E-state index contributed by atoms with van der Waals surface area (Å²) in [5.74, 6) is 3.58. The van der Waals surface area contributed by atoms with E-state index in [1.54, 1.807) is 36.4 Å². The summed E-state index contributed by atoms with van der Waals surface area (Å²) in [5.41, 5.74) is 3.57. The number of amides is 1. The number of carbonyl (C=O) groups excluding carboxylic acids is 1. The highest BCUT2D eigenvalue weighted by molar-refractivity contribution is 6.32. The highest BCUT2D eigenvalue weighted by Gasteiger charge is 2.11. The van der Waals surface area contributed by atoms with Gasteiger partial charge >= 0.3 is 0 Å². The number of halogens is 1. The Hall–Kier alpha value is -3.17. The monoisotopic (exact) mass is 400 g/mol. The van der Waals surface area contributed by atoms with Crippen molar-refractivity contribution in [2.45, 2.75) is 13.8 Å². The molecular weight excluding hydrogens is 380 g/mol. The Kier molecular flexibility index (Phi) is 8.19. The van der Waals surface area contributed by atoms with E-state index in [1.807, 2.05) is 13.8 Å². The molecule has 0 spiro atoms. The molecule has 0 heterocycles. The predicted octanol–water partition coefficient (Wildman–Crippen LogP) is 3.91. The molecule has 0 saturated heterocycles. The van der Waals surface area contributed by atoms with Crippen molar-refractivity contribution in [1.82, 2.24) is 5.43 Å². The fourth-order valence-electron chi connectivity index (χ4n) is 2.26. The molecule has 0 bridgehead atoms. The van der Waals surface area contributed by atoms with Gasteiger partial charge in [0.2, 0.25) is 0 Å². The predicted molar refractivity (Wildman–Crippen MR) is 110 cm³/mol. The second kappa shape index (κ2) is 10.9. The topological polar surface area (TPSA) is 69.2 Å². The van der Waals surface area contributed by atoms with Crippen LogP contribution in [0.1, 0.15) is 29.8 Å². The average Bonchev–Trinajstić information content (AvgIpc) is 2.69. The molecule has 0 saturated carbocycles. The molecule has 28 heavy (non-hydrogen) atoms. The standard InChI is InChI=1S/C21H21ClN2O4/c1-4-11-28-18-9-7-15(12-17(18)22)14-23-24-21(25)16-8-10-19(26-5-2)20(13-16)27-6-3/h1,7-10,12-14H,5-6,11H2,2-3H3,(H,24,25)/b23-14+. The van der Waals surface area contributed by atoms with Crippen molar-refractivity contribution in [3.8, 4) is 29.6 Å². The van der Waals surface area contributed by atoms with Crippen LogP contribution in [0.5, 0.6) is 17.2 Å². The number of terminal acetylenes is 1. The number of carbonyl (C=O) groups is 1. The van der Waals surface area contributed by atoms with Gasteiger partial charge in [0.1, 0.15) is 12.4 Å². The van der Waals surface area contributed by atoms with Gasteiger partial charge in [-0.2, -0.15) is 5.10 Å². The van der Waals surface area contributed by atoms with E-state index in [1.165, 1.54) is 6.21 Å². The van der Waals surface area contributed by atoms with Crippen LogP contribution in [0.25, 0.3) is 0 Å². The number of ether oxygens (including phenoxy) is 3. The minimum atomic E-state index is -0.375. The highest BCUT2D eigenvalue weighted by atomic mass is 35.5. The molecule has 0 aliphatic rings. The molecule has 0 aliphatic carbocycles. The molecule has 6 nitrogen and oxygen atoms in total. The Labute approximate surface area is 169 Å². The van der Waals surface area contributed by atoms with Gasteiger partial charge in [0.25, 0.3) is 5.91 Å². The van der Waals surface area contributed by atoms with Gasteiger partial charge in [-0.1, -0.05) is 17.5 Å². The molecule has 2 aromatic rings. The number of hydrazone groups is 1. The van der Waals surface area contributed by atoms with E-state index < -0.39 is 0 Å². The highest BCUT2D eigenvalue weighted by Crippen LogP contribution is 2.28. The smallest absolute Gasteiger partial charge is 0.271 e. The van der Waals surface area contributed by atoms with Gasteiger partial charge in [0.05, 0.1) is 24.5 Å². The normalized spacial score (nSPS) is 10.4. The van der Waals surface area contributed by atoms with E-state index in [0.29, 0.717) is 46.6 Å². The molecule has 0 radical (unpaired) electrons. The Morgan fingerprint density at radius 2 is 1.82 bits per heavy atom. The third kappa shape index (κ3) is 5.93. The van der Waals surface area contributed by atoms with E-state index in [-0.39, 0.29) is 12.5 Å². The minimum absolute atomic E-state index is 0.134. The molecule has 0 aromatic heterocycles. The van der Waals surface area contributed by atoms with Crippen LogP contribution in [0.4, 0.5) is 0 Å². The zero-order valence-corrected chi connectivity index (χ0v) is 16.5. The number of nitrogens with zero attached hydrogens (tertiary/aromatic N) is 1. The SMILES string of the molecule is C#CCOc1ccc(/C=N/NC(=O)c2ccc(OCC)c(OCC)c2)cc1Cl. The lowest BCUT2D eigenvalue weighted by Crippen LogP contribution is -2.17. The number of rotatable bonds is 9. The molecule has 1 N–H and O–H groups in total. The summed E-state index contributed by atoms with van der Waals surface area (Å²) in [6.07, 6.45) is 6.63. The van der Waals surface area contributed by atoms with Crippen LogP contribution < -0.4 is 19.6 Å². The first-order valence-electron chi connectivity index (χ1n) is 8.67. The zero-order valence-electron chi connectivity index (χ0n) is 15.7. The molecular formula is C21H21ClN2O4. The van der Waals surface area contributed by atoms with Crippen LogP contribution in [0.15, 0.2) is 41.5 Å². The van der Waals surface area contributed by atoms with Crippen LogP contribution in [0, 0.1) is 12.3 Å². The van der Waals surface area contributed by atoms with Gasteiger partial charge in [-0.15, -0.1) is 6.42 Å². The lowest BCUT2D eigenvalue weighted by atomic mass is 10.2. The summed E-state index contributed by atoms with van der Waals surface area (Å²) in [5, 5.41) is 4.36. The van der Waals surface area contributed by atoms with Gasteiger partial charge in [-0.25, -0.2) is 5.43 Å². The number of nitrogens with one attached hydrogen (secondary N) is 1. The van der Waals surface area contributed by atoms with Crippen molar-refractivity contribution in [2.24, 2.45) is 5.10 Å². The number of benzene rings is 2. The molecule has 2 rings (SSSR count). The summed E-state index contributed by atoms with van der Waals surface area (Å²) >= 11 is 6.12. The van der Waals surface area contributed by atoms with Crippen molar-refractivity contribution >= 4 is 23.7 Å². The molecule has 146 valence electrons. The van der Waals surface area contributed by atoms with Gasteiger partial charge in [0, 0.05) is 5.56 Å². The third-order valence-corrected chi connectivity index (χ3v) is 3.75. The van der Waals surface area contributed by atoms with Gasteiger partial charge < -0.3 is 14.2 Å². The maximum Gasteiger partial charge on any atom is 0.271 e. The second-order valence-corrected chi connectivity index (χ2v) is 5.82. The van der Waals surface area contributed by atoms with Crippen molar-refractivity contribution in [3.63, 3.8) is 0 Å². The van der Waals surface area contributed by atoms with E-state index >= 15 is 0 Å². The number of hydrogen-bond acceptors (Lipinski definition) is 5. The maximum atomic E-state index is 12.3. The first-order valence-corrected chi connectivity index (χ1v) is 9.05. The van der Waals surface area contributed by atoms with Gasteiger partial charge in [-0.3, -0.25) is 4.79 Å². The largest absolute Gasteiger partial charge is 0.490 e. The molecule has 2 aromatic carbocycles. The minimum Gasteiger partial charge on any atom is -0.490 e. The van der Waals surface area contributed by atoms with E-state index in [2.05, 4.69) is 16.4 Å². The zero-order chi connectivity index (χ0) is 20.4. The maximum absolute atomic E-state index is 12.3. The van der Waals surface area contributed by atoms with Crippen LogP contribution in [0.3, 0.4) is 0 Å². The van der Waals surface area contributed by atoms with Gasteiger partial charge in [-0.05, 0) is 55.8 Å². The quantitative estimate of drug-likeness (QED) is 0.393. The Morgan fingerprint density at radius 3 is 2.50 bits per heavy atom. The van der Waals surface area contributed by atoms with Crippen LogP contribution >= 0.6 is 11.6 Å². The average molecular weight is 401 g/mol. The summed E-state index contributed by atoms with van der Waals surface area (Å²) < 4.78 is 16.3. The van der Waals surface area contributed by atoms with Gasteiger partial charge in [0.15, 0.2) is 11.5 Å². The van der Waals surface area contributed by atoms with Crippen molar-refractivity contribution in [1.29, 1.82) is 0 Å². The molecule has 0 fully saturated rings.